The highest BCUT2D eigenvalue weighted by molar-refractivity contribution is 5.97. The molecule has 0 saturated heterocycles. The average molecular weight is 414 g/mol. The van der Waals surface area contributed by atoms with E-state index in [1.807, 2.05) is 30.3 Å². The smallest absolute Gasteiger partial charge is 0.343 e. The van der Waals surface area contributed by atoms with Crippen LogP contribution in [0.1, 0.15) is 15.9 Å². The number of furan rings is 1. The monoisotopic (exact) mass is 414 g/mol. The first-order valence-electron chi connectivity index (χ1n) is 9.53. The standard InChI is InChI=1S/C25H15FO5/c1-14-10-22-18(12-21(14)31-25(28)15-6-8-17(26)9-7-15)19(13-24(27)30-22)23-11-16-4-2-3-5-20(16)29-23/h2-13H,1H3. The lowest BCUT2D eigenvalue weighted by atomic mass is 10.0. The first-order valence-corrected chi connectivity index (χ1v) is 9.53. The van der Waals surface area contributed by atoms with Crippen LogP contribution in [0, 0.1) is 12.7 Å². The van der Waals surface area contributed by atoms with Gasteiger partial charge in [0, 0.05) is 22.4 Å². The minimum atomic E-state index is -0.620. The van der Waals surface area contributed by atoms with E-state index in [0.29, 0.717) is 39.2 Å². The molecule has 0 fully saturated rings. The van der Waals surface area contributed by atoms with Gasteiger partial charge in [-0.1, -0.05) is 18.2 Å². The molecule has 3 aromatic carbocycles. The molecule has 5 rings (SSSR count). The molecule has 0 unspecified atom stereocenters. The molecular formula is C25H15FO5. The Kier molecular flexibility index (Phi) is 4.40. The van der Waals surface area contributed by atoms with Crippen LogP contribution in [0.2, 0.25) is 0 Å². The molecule has 152 valence electrons. The van der Waals surface area contributed by atoms with Crippen LogP contribution in [0.4, 0.5) is 4.39 Å². The molecule has 0 spiro atoms. The molecule has 5 aromatic rings. The lowest BCUT2D eigenvalue weighted by Crippen LogP contribution is -2.09. The van der Waals surface area contributed by atoms with Crippen molar-refractivity contribution in [1.29, 1.82) is 0 Å². The number of hydrogen-bond donors (Lipinski definition) is 0. The van der Waals surface area contributed by atoms with Crippen LogP contribution >= 0.6 is 0 Å². The maximum absolute atomic E-state index is 13.1. The van der Waals surface area contributed by atoms with Crippen molar-refractivity contribution >= 4 is 27.9 Å². The van der Waals surface area contributed by atoms with Crippen molar-refractivity contribution in [1.82, 2.24) is 0 Å². The number of esters is 1. The highest BCUT2D eigenvalue weighted by atomic mass is 19.1. The number of hydrogen-bond acceptors (Lipinski definition) is 5. The molecule has 2 heterocycles. The Morgan fingerprint density at radius 1 is 0.903 bits per heavy atom. The van der Waals surface area contributed by atoms with E-state index in [-0.39, 0.29) is 5.56 Å². The van der Waals surface area contributed by atoms with E-state index >= 15 is 0 Å². The van der Waals surface area contributed by atoms with Crippen LogP contribution < -0.4 is 10.4 Å². The van der Waals surface area contributed by atoms with E-state index in [4.69, 9.17) is 13.6 Å². The van der Waals surface area contributed by atoms with Crippen molar-refractivity contribution in [2.45, 2.75) is 6.92 Å². The summed E-state index contributed by atoms with van der Waals surface area (Å²) in [5.41, 5.74) is 1.88. The number of ether oxygens (including phenoxy) is 1. The first kappa shape index (κ1) is 18.8. The summed E-state index contributed by atoms with van der Waals surface area (Å²) in [6.45, 7) is 1.74. The van der Waals surface area contributed by atoms with Crippen LogP contribution in [0.5, 0.6) is 5.75 Å². The van der Waals surface area contributed by atoms with E-state index < -0.39 is 17.4 Å². The quantitative estimate of drug-likeness (QED) is 0.210. The zero-order chi connectivity index (χ0) is 21.5. The molecular weight excluding hydrogens is 399 g/mol. The molecule has 6 heteroatoms. The Morgan fingerprint density at radius 3 is 2.45 bits per heavy atom. The van der Waals surface area contributed by atoms with E-state index in [1.54, 1.807) is 19.1 Å². The fraction of sp³-hybridized carbons (Fsp3) is 0.0400. The Labute approximate surface area is 175 Å². The minimum absolute atomic E-state index is 0.220. The molecule has 0 bridgehead atoms. The largest absolute Gasteiger partial charge is 0.456 e. The Balaban J connectivity index is 1.62. The van der Waals surface area contributed by atoms with Crippen LogP contribution in [0.25, 0.3) is 33.3 Å². The molecule has 0 amide bonds. The van der Waals surface area contributed by atoms with Gasteiger partial charge in [-0.15, -0.1) is 0 Å². The summed E-state index contributed by atoms with van der Waals surface area (Å²) in [7, 11) is 0. The van der Waals surface area contributed by atoms with Gasteiger partial charge in [0.05, 0.1) is 5.56 Å². The number of benzene rings is 3. The van der Waals surface area contributed by atoms with E-state index in [2.05, 4.69) is 0 Å². The zero-order valence-electron chi connectivity index (χ0n) is 16.3. The van der Waals surface area contributed by atoms with Crippen LogP contribution in [0.15, 0.2) is 86.4 Å². The van der Waals surface area contributed by atoms with Gasteiger partial charge in [-0.3, -0.25) is 0 Å². The van der Waals surface area contributed by atoms with Crippen molar-refractivity contribution in [3.8, 4) is 17.1 Å². The SMILES string of the molecule is Cc1cc2oc(=O)cc(-c3cc4ccccc4o3)c2cc1OC(=O)c1ccc(F)cc1. The number of carbonyl (C=O) groups is 1. The Hall–Kier alpha value is -4.19. The van der Waals surface area contributed by atoms with Crippen molar-refractivity contribution in [3.63, 3.8) is 0 Å². The topological polar surface area (TPSA) is 69.7 Å². The van der Waals surface area contributed by atoms with Gasteiger partial charge in [0.1, 0.15) is 28.5 Å². The van der Waals surface area contributed by atoms with Gasteiger partial charge in [0.25, 0.3) is 0 Å². The lowest BCUT2D eigenvalue weighted by molar-refractivity contribution is 0.0733. The Morgan fingerprint density at radius 2 is 1.68 bits per heavy atom. The summed E-state index contributed by atoms with van der Waals surface area (Å²) < 4.78 is 30.0. The number of rotatable bonds is 3. The predicted octanol–water partition coefficient (Wildman–Crippen LogP) is 5.87. The Bertz CT molecular complexity index is 1480. The molecule has 0 atom stereocenters. The predicted molar refractivity (Wildman–Crippen MR) is 114 cm³/mol. The first-order chi connectivity index (χ1) is 15.0. The fourth-order valence-electron chi connectivity index (χ4n) is 3.46. The second-order valence-corrected chi connectivity index (χ2v) is 7.14. The summed E-state index contributed by atoms with van der Waals surface area (Å²) in [5.74, 6) is -0.263. The summed E-state index contributed by atoms with van der Waals surface area (Å²) >= 11 is 0. The molecule has 0 saturated carbocycles. The molecule has 31 heavy (non-hydrogen) atoms. The van der Waals surface area contributed by atoms with Crippen molar-refractivity contribution < 1.29 is 22.8 Å². The highest BCUT2D eigenvalue weighted by Gasteiger charge is 2.17. The van der Waals surface area contributed by atoms with Crippen LogP contribution in [0.3, 0.4) is 0 Å². The second kappa shape index (κ2) is 7.25. The third kappa shape index (κ3) is 3.48. The number of halogens is 1. The third-order valence-electron chi connectivity index (χ3n) is 5.01. The van der Waals surface area contributed by atoms with Gasteiger partial charge in [-0.2, -0.15) is 0 Å². The van der Waals surface area contributed by atoms with Crippen molar-refractivity contribution in [3.05, 3.63) is 100 Å². The summed E-state index contributed by atoms with van der Waals surface area (Å²) in [4.78, 5) is 24.7. The summed E-state index contributed by atoms with van der Waals surface area (Å²) in [6, 6.07) is 19.1. The van der Waals surface area contributed by atoms with Gasteiger partial charge in [0.2, 0.25) is 0 Å². The molecule has 0 aliphatic rings. The summed E-state index contributed by atoms with van der Waals surface area (Å²) in [6.07, 6.45) is 0. The van der Waals surface area contributed by atoms with Gasteiger partial charge < -0.3 is 13.6 Å². The molecule has 0 aliphatic heterocycles. The van der Waals surface area contributed by atoms with Crippen molar-refractivity contribution in [2.24, 2.45) is 0 Å². The van der Waals surface area contributed by atoms with Gasteiger partial charge in [-0.25, -0.2) is 14.0 Å². The maximum Gasteiger partial charge on any atom is 0.343 e. The van der Waals surface area contributed by atoms with Crippen molar-refractivity contribution in [2.75, 3.05) is 0 Å². The maximum atomic E-state index is 13.1. The summed E-state index contributed by atoms with van der Waals surface area (Å²) in [5, 5.41) is 1.46. The van der Waals surface area contributed by atoms with E-state index in [9.17, 15) is 14.0 Å². The van der Waals surface area contributed by atoms with Gasteiger partial charge in [0.15, 0.2) is 0 Å². The second-order valence-electron chi connectivity index (χ2n) is 7.14. The lowest BCUT2D eigenvalue weighted by Gasteiger charge is -2.10. The molecule has 2 aromatic heterocycles. The number of aryl methyl sites for hydroxylation is 1. The molecule has 0 N–H and O–H groups in total. The zero-order valence-corrected chi connectivity index (χ0v) is 16.3. The van der Waals surface area contributed by atoms with Gasteiger partial charge in [-0.05, 0) is 61.0 Å². The normalized spacial score (nSPS) is 11.2. The minimum Gasteiger partial charge on any atom is -0.456 e. The van der Waals surface area contributed by atoms with E-state index in [0.717, 1.165) is 5.39 Å². The van der Waals surface area contributed by atoms with Crippen LogP contribution in [-0.4, -0.2) is 5.97 Å². The third-order valence-corrected chi connectivity index (χ3v) is 5.01. The van der Waals surface area contributed by atoms with Gasteiger partial charge >= 0.3 is 11.6 Å². The number of para-hydroxylation sites is 1. The fourth-order valence-corrected chi connectivity index (χ4v) is 3.46. The molecule has 0 aliphatic carbocycles. The number of carbonyl (C=O) groups excluding carboxylic acids is 1. The average Bonchev–Trinajstić information content (AvgIpc) is 3.18. The molecule has 0 radical (unpaired) electrons. The molecule has 5 nitrogen and oxygen atoms in total. The van der Waals surface area contributed by atoms with Crippen LogP contribution in [-0.2, 0) is 0 Å². The number of fused-ring (bicyclic) bond motifs is 2. The highest BCUT2D eigenvalue weighted by Crippen LogP contribution is 2.35. The van der Waals surface area contributed by atoms with E-state index in [1.165, 1.54) is 30.3 Å².